The fraction of sp³-hybridized carbons (Fsp3) is 0.111. The number of aromatic nitrogens is 2. The van der Waals surface area contributed by atoms with E-state index >= 15 is 0 Å². The van der Waals surface area contributed by atoms with Crippen molar-refractivity contribution < 1.29 is 13.2 Å². The van der Waals surface area contributed by atoms with E-state index in [0.717, 1.165) is 11.8 Å². The zero-order chi connectivity index (χ0) is 17.9. The third-order valence-corrected chi connectivity index (χ3v) is 4.77. The van der Waals surface area contributed by atoms with Gasteiger partial charge in [-0.05, 0) is 23.8 Å². The minimum atomic E-state index is -3.37. The fourth-order valence-corrected chi connectivity index (χ4v) is 3.04. The summed E-state index contributed by atoms with van der Waals surface area (Å²) in [6.45, 7) is 0.521. The van der Waals surface area contributed by atoms with E-state index in [-0.39, 0.29) is 16.4 Å². The molecule has 0 aliphatic rings. The number of hydrogen-bond donors (Lipinski definition) is 1. The normalized spacial score (nSPS) is 11.2. The molecule has 7 heteroatoms. The SMILES string of the molecule is CS(=O)(=O)c1cccc(C(=O)Nc2ccnn2Cc2ccccc2)c1. The highest BCUT2D eigenvalue weighted by molar-refractivity contribution is 7.90. The summed E-state index contributed by atoms with van der Waals surface area (Å²) in [5, 5.41) is 6.99. The van der Waals surface area contributed by atoms with Gasteiger partial charge in [0.15, 0.2) is 9.84 Å². The van der Waals surface area contributed by atoms with Crippen LogP contribution in [0.15, 0.2) is 71.8 Å². The number of hydrogen-bond acceptors (Lipinski definition) is 4. The van der Waals surface area contributed by atoms with Gasteiger partial charge in [0, 0.05) is 17.9 Å². The lowest BCUT2D eigenvalue weighted by Crippen LogP contribution is -2.16. The van der Waals surface area contributed by atoms with E-state index in [0.29, 0.717) is 12.4 Å². The zero-order valence-electron chi connectivity index (χ0n) is 13.6. The molecule has 1 amide bonds. The molecule has 0 radical (unpaired) electrons. The number of anilines is 1. The van der Waals surface area contributed by atoms with Crippen LogP contribution in [0.3, 0.4) is 0 Å². The molecule has 1 N–H and O–H groups in total. The second-order valence-electron chi connectivity index (χ2n) is 5.61. The van der Waals surface area contributed by atoms with Gasteiger partial charge >= 0.3 is 0 Å². The van der Waals surface area contributed by atoms with Crippen LogP contribution in [0.25, 0.3) is 0 Å². The number of amides is 1. The maximum Gasteiger partial charge on any atom is 0.256 e. The molecular weight excluding hydrogens is 338 g/mol. The van der Waals surface area contributed by atoms with Crippen molar-refractivity contribution in [2.24, 2.45) is 0 Å². The van der Waals surface area contributed by atoms with Gasteiger partial charge in [0.25, 0.3) is 5.91 Å². The molecule has 128 valence electrons. The van der Waals surface area contributed by atoms with Crippen molar-refractivity contribution in [3.8, 4) is 0 Å². The molecule has 1 heterocycles. The minimum Gasteiger partial charge on any atom is -0.307 e. The topological polar surface area (TPSA) is 81.1 Å². The lowest BCUT2D eigenvalue weighted by atomic mass is 10.2. The molecule has 0 spiro atoms. The Morgan fingerprint density at radius 1 is 1.08 bits per heavy atom. The van der Waals surface area contributed by atoms with Crippen molar-refractivity contribution in [2.75, 3.05) is 11.6 Å². The molecule has 0 aliphatic heterocycles. The number of nitrogens with one attached hydrogen (secondary N) is 1. The first-order chi connectivity index (χ1) is 11.9. The van der Waals surface area contributed by atoms with Crippen LogP contribution < -0.4 is 5.32 Å². The number of benzene rings is 2. The predicted octanol–water partition coefficient (Wildman–Crippen LogP) is 2.59. The number of sulfone groups is 1. The first-order valence-electron chi connectivity index (χ1n) is 7.61. The van der Waals surface area contributed by atoms with Crippen LogP contribution in [-0.2, 0) is 16.4 Å². The quantitative estimate of drug-likeness (QED) is 0.763. The maximum atomic E-state index is 12.4. The van der Waals surface area contributed by atoms with Crippen LogP contribution in [0, 0.1) is 0 Å². The molecule has 0 fully saturated rings. The van der Waals surface area contributed by atoms with E-state index < -0.39 is 9.84 Å². The average Bonchev–Trinajstić information content (AvgIpc) is 3.02. The third kappa shape index (κ3) is 4.13. The van der Waals surface area contributed by atoms with E-state index in [9.17, 15) is 13.2 Å². The highest BCUT2D eigenvalue weighted by atomic mass is 32.2. The molecular formula is C18H17N3O3S. The summed E-state index contributed by atoms with van der Waals surface area (Å²) in [6, 6.07) is 17.4. The molecule has 0 atom stereocenters. The minimum absolute atomic E-state index is 0.109. The Labute approximate surface area is 146 Å². The molecule has 0 bridgehead atoms. The van der Waals surface area contributed by atoms with Gasteiger partial charge in [0.05, 0.1) is 17.6 Å². The highest BCUT2D eigenvalue weighted by Gasteiger charge is 2.13. The van der Waals surface area contributed by atoms with Gasteiger partial charge in [-0.15, -0.1) is 0 Å². The second kappa shape index (κ2) is 6.90. The first kappa shape index (κ1) is 16.9. The highest BCUT2D eigenvalue weighted by Crippen LogP contribution is 2.15. The van der Waals surface area contributed by atoms with Crippen molar-refractivity contribution >= 4 is 21.6 Å². The van der Waals surface area contributed by atoms with Gasteiger partial charge < -0.3 is 5.32 Å². The van der Waals surface area contributed by atoms with Crippen molar-refractivity contribution in [3.05, 3.63) is 78.0 Å². The molecule has 0 saturated heterocycles. The summed E-state index contributed by atoms with van der Waals surface area (Å²) in [6.07, 6.45) is 2.71. The molecule has 1 aromatic heterocycles. The average molecular weight is 355 g/mol. The number of carbonyl (C=O) groups is 1. The summed E-state index contributed by atoms with van der Waals surface area (Å²) in [5.74, 6) is 0.152. The Balaban J connectivity index is 1.80. The van der Waals surface area contributed by atoms with Gasteiger partial charge in [0.2, 0.25) is 0 Å². The molecule has 0 saturated carbocycles. The second-order valence-corrected chi connectivity index (χ2v) is 7.63. The molecule has 0 aliphatic carbocycles. The third-order valence-electron chi connectivity index (χ3n) is 3.66. The lowest BCUT2D eigenvalue weighted by molar-refractivity contribution is 0.102. The molecule has 6 nitrogen and oxygen atoms in total. The van der Waals surface area contributed by atoms with Crippen molar-refractivity contribution in [1.29, 1.82) is 0 Å². The van der Waals surface area contributed by atoms with Crippen molar-refractivity contribution in [3.63, 3.8) is 0 Å². The van der Waals surface area contributed by atoms with Crippen LogP contribution in [0.5, 0.6) is 0 Å². The summed E-state index contributed by atoms with van der Waals surface area (Å²) in [5.41, 5.74) is 1.33. The standard InChI is InChI=1S/C18H17N3O3S/c1-25(23,24)16-9-5-8-15(12-16)18(22)20-17-10-11-19-21(17)13-14-6-3-2-4-7-14/h2-12H,13H2,1H3,(H,20,22). The number of carbonyl (C=O) groups excluding carboxylic acids is 1. The molecule has 3 rings (SSSR count). The summed E-state index contributed by atoms with van der Waals surface area (Å²) < 4.78 is 24.9. The largest absolute Gasteiger partial charge is 0.307 e. The van der Waals surface area contributed by atoms with Crippen LogP contribution >= 0.6 is 0 Å². The van der Waals surface area contributed by atoms with Gasteiger partial charge in [-0.3, -0.25) is 4.79 Å². The Morgan fingerprint density at radius 3 is 2.56 bits per heavy atom. The predicted molar refractivity (Wildman–Crippen MR) is 95.3 cm³/mol. The molecule has 0 unspecified atom stereocenters. The lowest BCUT2D eigenvalue weighted by Gasteiger charge is -2.10. The van der Waals surface area contributed by atoms with Crippen LogP contribution in [0.2, 0.25) is 0 Å². The monoisotopic (exact) mass is 355 g/mol. The smallest absolute Gasteiger partial charge is 0.256 e. The van der Waals surface area contributed by atoms with Crippen LogP contribution in [0.4, 0.5) is 5.82 Å². The van der Waals surface area contributed by atoms with E-state index in [2.05, 4.69) is 10.4 Å². The number of nitrogens with zero attached hydrogens (tertiary/aromatic N) is 2. The van der Waals surface area contributed by atoms with E-state index in [1.54, 1.807) is 29.1 Å². The van der Waals surface area contributed by atoms with Crippen molar-refractivity contribution in [2.45, 2.75) is 11.4 Å². The van der Waals surface area contributed by atoms with E-state index in [4.69, 9.17) is 0 Å². The fourth-order valence-electron chi connectivity index (χ4n) is 2.38. The maximum absolute atomic E-state index is 12.4. The van der Waals surface area contributed by atoms with Crippen LogP contribution in [0.1, 0.15) is 15.9 Å². The first-order valence-corrected chi connectivity index (χ1v) is 9.50. The van der Waals surface area contributed by atoms with Gasteiger partial charge in [-0.25, -0.2) is 13.1 Å². The Hall–Kier alpha value is -2.93. The van der Waals surface area contributed by atoms with Gasteiger partial charge in [-0.1, -0.05) is 36.4 Å². The Kier molecular flexibility index (Phi) is 4.67. The molecule has 25 heavy (non-hydrogen) atoms. The summed E-state index contributed by atoms with van der Waals surface area (Å²) in [4.78, 5) is 12.6. The Morgan fingerprint density at radius 2 is 1.84 bits per heavy atom. The van der Waals surface area contributed by atoms with Gasteiger partial charge in [-0.2, -0.15) is 5.10 Å². The zero-order valence-corrected chi connectivity index (χ0v) is 14.4. The summed E-state index contributed by atoms with van der Waals surface area (Å²) >= 11 is 0. The Bertz CT molecular complexity index is 995. The summed E-state index contributed by atoms with van der Waals surface area (Å²) in [7, 11) is -3.37. The van der Waals surface area contributed by atoms with Crippen molar-refractivity contribution in [1.82, 2.24) is 9.78 Å². The molecule has 2 aromatic carbocycles. The van der Waals surface area contributed by atoms with E-state index in [1.165, 1.54) is 12.1 Å². The van der Waals surface area contributed by atoms with E-state index in [1.807, 2.05) is 30.3 Å². The molecule has 3 aromatic rings. The number of rotatable bonds is 5. The van der Waals surface area contributed by atoms with Gasteiger partial charge in [0.1, 0.15) is 5.82 Å². The van der Waals surface area contributed by atoms with Crippen LogP contribution in [-0.4, -0.2) is 30.4 Å².